The number of carbonyl (C=O) groups excluding carboxylic acids is 1. The Morgan fingerprint density at radius 1 is 1.00 bits per heavy atom. The van der Waals surface area contributed by atoms with Crippen LogP contribution < -0.4 is 5.32 Å². The van der Waals surface area contributed by atoms with Gasteiger partial charge in [-0.05, 0) is 53.3 Å². The Morgan fingerprint density at radius 3 is 2.28 bits per heavy atom. The number of hydrogen-bond donors (Lipinski definition) is 1. The van der Waals surface area contributed by atoms with Crippen LogP contribution in [0.2, 0.25) is 0 Å². The number of nitrogens with one attached hydrogen (secondary N) is 1. The van der Waals surface area contributed by atoms with E-state index >= 15 is 0 Å². The van der Waals surface area contributed by atoms with Crippen molar-refractivity contribution < 1.29 is 35.9 Å². The van der Waals surface area contributed by atoms with Crippen LogP contribution in [0.1, 0.15) is 47.6 Å². The molecule has 1 spiro atoms. The fourth-order valence-electron chi connectivity index (χ4n) is 5.60. The lowest BCUT2D eigenvalue weighted by Gasteiger charge is -2.39. The molecule has 1 aromatic heterocycles. The highest BCUT2D eigenvalue weighted by Gasteiger charge is 2.58. The molecule has 2 aromatic carbocycles. The number of carbonyl (C=O) groups is 1. The molecular formula is C28H25F6N3O2. The molecule has 1 fully saturated rings. The molecule has 11 heteroatoms. The summed E-state index contributed by atoms with van der Waals surface area (Å²) in [5.74, 6) is -4.29. The number of halogens is 6. The van der Waals surface area contributed by atoms with E-state index in [1.807, 2.05) is 5.32 Å². The highest BCUT2D eigenvalue weighted by atomic mass is 19.4. The fraction of sp³-hybridized carbons (Fsp3) is 0.357. The molecule has 5 nitrogen and oxygen atoms in total. The molecule has 206 valence electrons. The minimum Gasteiger partial charge on any atom is -0.365 e. The van der Waals surface area contributed by atoms with Gasteiger partial charge in [-0.2, -0.15) is 17.6 Å². The quantitative estimate of drug-likeness (QED) is 0.339. The second-order valence-corrected chi connectivity index (χ2v) is 9.98. The van der Waals surface area contributed by atoms with Gasteiger partial charge >= 0.3 is 6.18 Å². The zero-order chi connectivity index (χ0) is 28.0. The van der Waals surface area contributed by atoms with Crippen LogP contribution in [0.25, 0.3) is 0 Å². The Morgan fingerprint density at radius 2 is 1.67 bits per heavy atom. The topological polar surface area (TPSA) is 54.5 Å². The number of ether oxygens (including phenoxy) is 1. The minimum absolute atomic E-state index is 0.323. The average molecular weight is 550 g/mol. The summed E-state index contributed by atoms with van der Waals surface area (Å²) in [7, 11) is 0. The number of benzene rings is 2. The first kappa shape index (κ1) is 27.1. The first-order valence-corrected chi connectivity index (χ1v) is 12.4. The zero-order valence-electron chi connectivity index (χ0n) is 20.9. The molecule has 1 atom stereocenters. The number of aromatic nitrogens is 1. The third-order valence-electron chi connectivity index (χ3n) is 7.55. The van der Waals surface area contributed by atoms with E-state index in [2.05, 4.69) is 9.88 Å². The van der Waals surface area contributed by atoms with Crippen LogP contribution in [0.3, 0.4) is 0 Å². The summed E-state index contributed by atoms with van der Waals surface area (Å²) in [6, 6.07) is 8.77. The molecule has 5 rings (SSSR count). The van der Waals surface area contributed by atoms with Gasteiger partial charge in [-0.1, -0.05) is 30.3 Å². The summed E-state index contributed by atoms with van der Waals surface area (Å²) in [4.78, 5) is 17.8. The second-order valence-electron chi connectivity index (χ2n) is 9.98. The molecule has 1 unspecified atom stereocenters. The van der Waals surface area contributed by atoms with Gasteiger partial charge in [-0.25, -0.2) is 13.8 Å². The summed E-state index contributed by atoms with van der Waals surface area (Å²) in [5.41, 5.74) is -2.17. The Bertz CT molecular complexity index is 1390. The number of alkyl halides is 3. The highest BCUT2D eigenvalue weighted by molar-refractivity contribution is 5.75. The Labute approximate surface area is 220 Å². The summed E-state index contributed by atoms with van der Waals surface area (Å²) in [5, 5.41) is 1.95. The van der Waals surface area contributed by atoms with Gasteiger partial charge < -0.3 is 10.1 Å². The smallest absolute Gasteiger partial charge is 0.365 e. The molecule has 3 aromatic rings. The van der Waals surface area contributed by atoms with Crippen LogP contribution >= 0.6 is 0 Å². The van der Waals surface area contributed by atoms with Gasteiger partial charge in [0.25, 0.3) is 0 Å². The van der Waals surface area contributed by atoms with E-state index in [0.717, 1.165) is 29.7 Å². The van der Waals surface area contributed by atoms with E-state index in [1.54, 1.807) is 0 Å². The molecule has 2 aliphatic heterocycles. The van der Waals surface area contributed by atoms with Crippen molar-refractivity contribution in [3.63, 3.8) is 0 Å². The molecule has 1 saturated heterocycles. The van der Waals surface area contributed by atoms with Crippen LogP contribution in [0.15, 0.2) is 54.7 Å². The van der Waals surface area contributed by atoms with E-state index in [9.17, 15) is 31.1 Å². The molecule has 0 bridgehead atoms. The monoisotopic (exact) mass is 549 g/mol. The largest absolute Gasteiger partial charge is 0.420 e. The fourth-order valence-corrected chi connectivity index (χ4v) is 5.60. The molecule has 3 heterocycles. The predicted octanol–water partition coefficient (Wildman–Crippen LogP) is 5.46. The Kier molecular flexibility index (Phi) is 6.92. The van der Waals surface area contributed by atoms with Crippen LogP contribution in [0.4, 0.5) is 26.3 Å². The standard InChI is InChI=1S/C28H25F6N3O2/c1-17(38)36-27(28(32,33)34,21-6-7-23(29)24(30)13-21)20-4-2-18(3-5-20)15-37-10-8-26(9-11-37)22-14-35-25(31)12-19(22)16-39-26/h2-7,12-14H,8-11,15-16H2,1H3,(H,36,38). The van der Waals surface area contributed by atoms with Crippen LogP contribution in [-0.2, 0) is 33.8 Å². The van der Waals surface area contributed by atoms with Crippen molar-refractivity contribution in [2.45, 2.75) is 50.2 Å². The summed E-state index contributed by atoms with van der Waals surface area (Å²) < 4.78 is 90.9. The van der Waals surface area contributed by atoms with E-state index in [1.165, 1.54) is 36.5 Å². The number of hydrogen-bond acceptors (Lipinski definition) is 4. The van der Waals surface area contributed by atoms with Crippen molar-refractivity contribution in [1.82, 2.24) is 15.2 Å². The third-order valence-corrected chi connectivity index (χ3v) is 7.55. The third kappa shape index (κ3) is 4.89. The van der Waals surface area contributed by atoms with Gasteiger partial charge in [-0.3, -0.25) is 9.69 Å². The molecule has 0 saturated carbocycles. The highest BCUT2D eigenvalue weighted by Crippen LogP contribution is 2.46. The SMILES string of the molecule is CC(=O)NC(c1ccc(CN2CCC3(CC2)OCc2cc(F)ncc23)cc1)(c1ccc(F)c(F)c1)C(F)(F)F. The van der Waals surface area contributed by atoms with E-state index in [4.69, 9.17) is 4.74 Å². The molecule has 1 N–H and O–H groups in total. The first-order valence-electron chi connectivity index (χ1n) is 12.4. The van der Waals surface area contributed by atoms with Crippen molar-refractivity contribution in [2.75, 3.05) is 13.1 Å². The maximum Gasteiger partial charge on any atom is 0.420 e. The van der Waals surface area contributed by atoms with E-state index in [-0.39, 0.29) is 5.56 Å². The van der Waals surface area contributed by atoms with Gasteiger partial charge in [-0.15, -0.1) is 0 Å². The van der Waals surface area contributed by atoms with Gasteiger partial charge in [0.05, 0.1) is 12.2 Å². The lowest BCUT2D eigenvalue weighted by Crippen LogP contribution is -2.56. The van der Waals surface area contributed by atoms with Crippen LogP contribution in [0, 0.1) is 17.6 Å². The lowest BCUT2D eigenvalue weighted by molar-refractivity contribution is -0.189. The van der Waals surface area contributed by atoms with Gasteiger partial charge in [0, 0.05) is 38.3 Å². The molecule has 0 radical (unpaired) electrons. The first-order chi connectivity index (χ1) is 18.4. The number of piperidine rings is 1. The molecule has 2 aliphatic rings. The van der Waals surface area contributed by atoms with Gasteiger partial charge in [0.2, 0.25) is 11.9 Å². The number of rotatable bonds is 5. The van der Waals surface area contributed by atoms with Crippen molar-refractivity contribution in [3.8, 4) is 0 Å². The molecule has 0 aliphatic carbocycles. The van der Waals surface area contributed by atoms with Crippen molar-refractivity contribution in [3.05, 3.63) is 100 Å². The summed E-state index contributed by atoms with van der Waals surface area (Å²) in [6.45, 7) is 2.99. The molecule has 39 heavy (non-hydrogen) atoms. The number of likely N-dealkylation sites (tertiary alicyclic amines) is 1. The van der Waals surface area contributed by atoms with Gasteiger partial charge in [0.15, 0.2) is 17.2 Å². The maximum absolute atomic E-state index is 14.6. The predicted molar refractivity (Wildman–Crippen MR) is 129 cm³/mol. The van der Waals surface area contributed by atoms with E-state index in [0.29, 0.717) is 51.2 Å². The maximum atomic E-state index is 14.6. The van der Waals surface area contributed by atoms with Crippen LogP contribution in [-0.4, -0.2) is 35.1 Å². The lowest BCUT2D eigenvalue weighted by atomic mass is 9.81. The minimum atomic E-state index is -5.07. The zero-order valence-corrected chi connectivity index (χ0v) is 20.9. The van der Waals surface area contributed by atoms with Crippen LogP contribution in [0.5, 0.6) is 0 Å². The van der Waals surface area contributed by atoms with Crippen molar-refractivity contribution in [1.29, 1.82) is 0 Å². The second kappa shape index (κ2) is 9.95. The molecule has 1 amide bonds. The number of nitrogens with zero attached hydrogens (tertiary/aromatic N) is 2. The normalized spacial score (nSPS) is 18.5. The Balaban J connectivity index is 1.37. The number of fused-ring (bicyclic) bond motifs is 2. The average Bonchev–Trinajstić information content (AvgIpc) is 3.22. The summed E-state index contributed by atoms with van der Waals surface area (Å²) >= 11 is 0. The van der Waals surface area contributed by atoms with Gasteiger partial charge in [0.1, 0.15) is 0 Å². The number of amides is 1. The van der Waals surface area contributed by atoms with Crippen molar-refractivity contribution >= 4 is 5.91 Å². The summed E-state index contributed by atoms with van der Waals surface area (Å²) in [6.07, 6.45) is -2.23. The Hall–Kier alpha value is -3.44. The molecular weight excluding hydrogens is 524 g/mol. The van der Waals surface area contributed by atoms with E-state index < -0.39 is 46.4 Å². The number of pyridine rings is 1. The van der Waals surface area contributed by atoms with Crippen molar-refractivity contribution in [2.24, 2.45) is 0 Å².